The normalized spacial score (nSPS) is 31.4. The highest BCUT2D eigenvalue weighted by Gasteiger charge is 2.48. The Kier molecular flexibility index (Phi) is 7.78. The zero-order valence-corrected chi connectivity index (χ0v) is 23.0. The van der Waals surface area contributed by atoms with E-state index in [1.165, 1.54) is 6.33 Å². The number of nitrogens with one attached hydrogen (secondary N) is 1. The van der Waals surface area contributed by atoms with Gasteiger partial charge in [0.1, 0.15) is 25.9 Å². The Morgan fingerprint density at radius 2 is 1.93 bits per heavy atom. The van der Waals surface area contributed by atoms with Crippen molar-refractivity contribution in [2.45, 2.75) is 37.3 Å². The van der Waals surface area contributed by atoms with Crippen LogP contribution in [-0.2, 0) is 35.1 Å². The smallest absolute Gasteiger partial charge is 0.325 e. The number of nitrogens with two attached hydrogens (primary N) is 2. The molecule has 2 aliphatic heterocycles. The number of nitrogen functional groups attached to an aromatic ring is 2. The summed E-state index contributed by atoms with van der Waals surface area (Å²) in [5.41, 5.74) is 10.7. The van der Waals surface area contributed by atoms with Gasteiger partial charge in [0.25, 0.3) is 5.56 Å². The monoisotopic (exact) mass is 632 g/mol. The Morgan fingerprint density at radius 1 is 1.17 bits per heavy atom. The number of rotatable bonds is 3. The first-order valence-corrected chi connectivity index (χ1v) is 14.9. The molecule has 4 aromatic rings. The second-order valence-electron chi connectivity index (χ2n) is 9.23. The molecule has 1 unspecified atom stereocenters. The maximum atomic E-state index is 15.8. The Labute approximate surface area is 237 Å². The van der Waals surface area contributed by atoms with Gasteiger partial charge in [-0.05, 0) is 18.2 Å². The van der Waals surface area contributed by atoms with Crippen molar-refractivity contribution in [2.24, 2.45) is 5.92 Å². The van der Waals surface area contributed by atoms with E-state index < -0.39 is 69.1 Å². The fourth-order valence-corrected chi connectivity index (χ4v) is 6.12. The van der Waals surface area contributed by atoms with Crippen molar-refractivity contribution >= 4 is 52.6 Å². The molecule has 23 heteroatoms. The van der Waals surface area contributed by atoms with E-state index in [0.717, 1.165) is 9.36 Å². The number of aromatic nitrogens is 10. The van der Waals surface area contributed by atoms with Crippen LogP contribution in [0.1, 0.15) is 18.9 Å². The number of halogens is 2. The molecule has 0 radical (unpaired) electrons. The molecule has 0 aliphatic carbocycles. The lowest BCUT2D eigenvalue weighted by Gasteiger charge is -2.28. The predicted molar refractivity (Wildman–Crippen MR) is 139 cm³/mol. The summed E-state index contributed by atoms with van der Waals surface area (Å²) in [6, 6.07) is 0. The number of alkyl halides is 2. The van der Waals surface area contributed by atoms with E-state index in [-0.39, 0.29) is 47.1 Å². The van der Waals surface area contributed by atoms with E-state index in [4.69, 9.17) is 46.5 Å². The first-order valence-electron chi connectivity index (χ1n) is 12.3. The lowest BCUT2D eigenvalue weighted by Crippen LogP contribution is -2.32. The molecule has 226 valence electrons. The molecule has 6 N–H and O–H groups in total. The molecule has 2 saturated heterocycles. The molecule has 6 rings (SSSR count). The summed E-state index contributed by atoms with van der Waals surface area (Å²) in [6.45, 7) is -6.40. The van der Waals surface area contributed by atoms with Crippen molar-refractivity contribution < 1.29 is 36.9 Å². The number of ether oxygens (including phenoxy) is 3. The number of fused-ring (bicyclic) bond motifs is 3. The summed E-state index contributed by atoms with van der Waals surface area (Å²) < 4.78 is 60.4. The fourth-order valence-electron chi connectivity index (χ4n) is 4.71. The lowest BCUT2D eigenvalue weighted by atomic mass is 9.96. The van der Waals surface area contributed by atoms with Gasteiger partial charge in [-0.15, -0.1) is 10.2 Å². The molecule has 2 aliphatic rings. The Bertz CT molecular complexity index is 1710. The number of H-pyrrole nitrogens is 1. The van der Waals surface area contributed by atoms with Crippen molar-refractivity contribution in [2.75, 3.05) is 38.1 Å². The zero-order chi connectivity index (χ0) is 29.6. The summed E-state index contributed by atoms with van der Waals surface area (Å²) in [7, 11) is 0. The third kappa shape index (κ3) is 5.30. The molecular formula is C19H23F2N12O7PS. The van der Waals surface area contributed by atoms with Crippen LogP contribution >= 0.6 is 6.72 Å². The van der Waals surface area contributed by atoms with Crippen molar-refractivity contribution in [3.63, 3.8) is 0 Å². The topological polar surface area (TPSA) is 251 Å². The average molecular weight is 633 g/mol. The van der Waals surface area contributed by atoms with Crippen LogP contribution < -0.4 is 17.0 Å². The number of aromatic amines is 1. The van der Waals surface area contributed by atoms with Crippen molar-refractivity contribution in [3.05, 3.63) is 16.7 Å². The van der Waals surface area contributed by atoms with Gasteiger partial charge in [-0.1, -0.05) is 10.4 Å². The van der Waals surface area contributed by atoms with E-state index in [0.29, 0.717) is 0 Å². The largest absolute Gasteiger partial charge is 0.382 e. The van der Waals surface area contributed by atoms with Crippen molar-refractivity contribution in [3.8, 4) is 0 Å². The number of anilines is 2. The van der Waals surface area contributed by atoms with Crippen LogP contribution in [0.5, 0.6) is 0 Å². The van der Waals surface area contributed by atoms with Crippen molar-refractivity contribution in [1.29, 1.82) is 0 Å². The fraction of sp³-hybridized carbons (Fsp3) is 0.579. The maximum Gasteiger partial charge on any atom is 0.325 e. The Balaban J connectivity index is 1.26. The van der Waals surface area contributed by atoms with Crippen LogP contribution in [0.25, 0.3) is 22.3 Å². The molecule has 2 fully saturated rings. The standard InChI is InChI=1S/C19H23F2N12O7PS/c20-3-8-17(33-15-12(29-31-33)16(34)27-19(23)26-15)37-6-36-2-1-7-9(4-38-41(35,42)40-8)39-18(10(7)21)32-14-11(28-30-32)13(22)24-5-25-14/h5,7-10,17-18H,1-4,6H2,(H,35,42)(H2,22,24,25)(H3,23,26,27,34)/t7-,8-,9-,10+,17-,18-,41?/m1/s1. The van der Waals surface area contributed by atoms with Gasteiger partial charge in [0, 0.05) is 12.5 Å². The molecule has 0 spiro atoms. The van der Waals surface area contributed by atoms with Gasteiger partial charge in [-0.3, -0.25) is 14.3 Å². The summed E-state index contributed by atoms with van der Waals surface area (Å²) in [6.07, 6.45) is -5.74. The Hall–Kier alpha value is -3.37. The molecule has 6 heterocycles. The van der Waals surface area contributed by atoms with Crippen LogP contribution in [0.3, 0.4) is 0 Å². The third-order valence-corrected chi connectivity index (χ3v) is 8.24. The summed E-state index contributed by atoms with van der Waals surface area (Å²) in [5, 5.41) is 15.4. The average Bonchev–Trinajstić information content (AvgIpc) is 3.65. The minimum atomic E-state index is -4.21. The first-order chi connectivity index (χ1) is 20.2. The number of hydrogen-bond acceptors (Lipinski definition) is 16. The van der Waals surface area contributed by atoms with Gasteiger partial charge in [0.05, 0.1) is 12.7 Å². The van der Waals surface area contributed by atoms with Crippen LogP contribution in [0.4, 0.5) is 20.5 Å². The van der Waals surface area contributed by atoms with Crippen molar-refractivity contribution in [1.82, 2.24) is 49.9 Å². The molecule has 0 aromatic carbocycles. The highest BCUT2D eigenvalue weighted by atomic mass is 32.5. The molecule has 0 amide bonds. The van der Waals surface area contributed by atoms with E-state index in [1.54, 1.807) is 0 Å². The first kappa shape index (κ1) is 28.7. The molecular weight excluding hydrogens is 609 g/mol. The summed E-state index contributed by atoms with van der Waals surface area (Å²) in [4.78, 5) is 37.2. The molecule has 7 atom stereocenters. The Morgan fingerprint density at radius 3 is 2.71 bits per heavy atom. The molecule has 19 nitrogen and oxygen atoms in total. The van der Waals surface area contributed by atoms with Gasteiger partial charge in [0.15, 0.2) is 46.8 Å². The summed E-state index contributed by atoms with van der Waals surface area (Å²) in [5.74, 6) is -1.04. The van der Waals surface area contributed by atoms with Crippen LogP contribution in [0.2, 0.25) is 0 Å². The molecule has 42 heavy (non-hydrogen) atoms. The molecule has 0 saturated carbocycles. The summed E-state index contributed by atoms with van der Waals surface area (Å²) >= 11 is 5.12. The van der Waals surface area contributed by atoms with E-state index >= 15 is 4.39 Å². The quantitative estimate of drug-likeness (QED) is 0.203. The zero-order valence-electron chi connectivity index (χ0n) is 21.3. The van der Waals surface area contributed by atoms with Gasteiger partial charge in [-0.25, -0.2) is 18.7 Å². The highest BCUT2D eigenvalue weighted by molar-refractivity contribution is 8.07. The molecule has 0 bridgehead atoms. The second-order valence-corrected chi connectivity index (χ2v) is 12.0. The number of hydrogen-bond donors (Lipinski definition) is 4. The van der Waals surface area contributed by atoms with E-state index in [1.807, 2.05) is 0 Å². The highest BCUT2D eigenvalue weighted by Crippen LogP contribution is 2.49. The minimum Gasteiger partial charge on any atom is -0.382 e. The third-order valence-electron chi connectivity index (χ3n) is 6.66. The second kappa shape index (κ2) is 11.4. The lowest BCUT2D eigenvalue weighted by molar-refractivity contribution is -0.157. The maximum absolute atomic E-state index is 15.8. The van der Waals surface area contributed by atoms with Gasteiger partial charge in [0.2, 0.25) is 5.95 Å². The predicted octanol–water partition coefficient (Wildman–Crippen LogP) is -0.753. The van der Waals surface area contributed by atoms with Gasteiger partial charge in [-0.2, -0.15) is 14.3 Å². The van der Waals surface area contributed by atoms with Gasteiger partial charge < -0.3 is 35.1 Å². The van der Waals surface area contributed by atoms with Gasteiger partial charge >= 0.3 is 6.72 Å². The van der Waals surface area contributed by atoms with E-state index in [9.17, 15) is 14.1 Å². The van der Waals surface area contributed by atoms with E-state index in [2.05, 4.69) is 40.6 Å². The minimum absolute atomic E-state index is 0.0327. The molecule has 4 aromatic heterocycles. The van der Waals surface area contributed by atoms with Crippen LogP contribution in [-0.4, -0.2) is 99.9 Å². The van der Waals surface area contributed by atoms with Crippen LogP contribution in [0.15, 0.2) is 11.1 Å². The van der Waals surface area contributed by atoms with Crippen LogP contribution in [0, 0.1) is 5.92 Å². The SMILES string of the molecule is Nc1nc2c(nnn2[C@@H]2OCOCC[C@H]3[C@H](F)[C@H](n4nnc5c(N)ncnc54)O[C@@H]3COP(O)(=S)O[C@@H]2CF)c(=O)[nH]1. The number of nitrogens with zero attached hydrogens (tertiary/aromatic N) is 9.